The van der Waals surface area contributed by atoms with Gasteiger partial charge in [-0.15, -0.1) is 0 Å². The minimum atomic E-state index is -0.347. The van der Waals surface area contributed by atoms with E-state index in [4.69, 9.17) is 14.6 Å². The van der Waals surface area contributed by atoms with Gasteiger partial charge in [-0.25, -0.2) is 0 Å². The molecule has 5 nitrogen and oxygen atoms in total. The van der Waals surface area contributed by atoms with E-state index in [0.717, 1.165) is 36.8 Å². The Morgan fingerprint density at radius 2 is 1.55 bits per heavy atom. The molecular weight excluding hydrogens is 416 g/mol. The molecule has 184 valence electrons. The SMILES string of the molecule is CCCCCCCCC(C=CC=Cc1ccccc1C(CCCCO)OC(C)=O)OC(C)=O. The van der Waals surface area contributed by atoms with Crippen molar-refractivity contribution in [1.29, 1.82) is 0 Å². The number of benzene rings is 1. The van der Waals surface area contributed by atoms with Crippen LogP contribution in [0.4, 0.5) is 0 Å². The largest absolute Gasteiger partial charge is 0.458 e. The molecule has 0 aliphatic heterocycles. The maximum atomic E-state index is 11.6. The topological polar surface area (TPSA) is 72.8 Å². The Morgan fingerprint density at radius 1 is 0.879 bits per heavy atom. The van der Waals surface area contributed by atoms with Gasteiger partial charge in [-0.2, -0.15) is 0 Å². The van der Waals surface area contributed by atoms with Crippen molar-refractivity contribution in [1.82, 2.24) is 0 Å². The lowest BCUT2D eigenvalue weighted by molar-refractivity contribution is -0.147. The first-order valence-electron chi connectivity index (χ1n) is 12.4. The second-order valence-electron chi connectivity index (χ2n) is 8.39. The summed E-state index contributed by atoms with van der Waals surface area (Å²) in [7, 11) is 0. The van der Waals surface area contributed by atoms with Crippen molar-refractivity contribution < 1.29 is 24.2 Å². The molecule has 0 amide bonds. The lowest BCUT2D eigenvalue weighted by Crippen LogP contribution is -2.13. The van der Waals surface area contributed by atoms with Crippen LogP contribution >= 0.6 is 0 Å². The molecule has 2 atom stereocenters. The van der Waals surface area contributed by atoms with Gasteiger partial charge in [-0.05, 0) is 49.3 Å². The fourth-order valence-corrected chi connectivity index (χ4v) is 3.76. The van der Waals surface area contributed by atoms with Gasteiger partial charge in [0.15, 0.2) is 0 Å². The lowest BCUT2D eigenvalue weighted by atomic mass is 9.98. The zero-order chi connectivity index (χ0) is 24.3. The van der Waals surface area contributed by atoms with Gasteiger partial charge < -0.3 is 14.6 Å². The van der Waals surface area contributed by atoms with Crippen molar-refractivity contribution in [2.75, 3.05) is 6.61 Å². The third kappa shape index (κ3) is 13.7. The first kappa shape index (κ1) is 28.6. The van der Waals surface area contributed by atoms with Gasteiger partial charge in [-0.1, -0.05) is 81.5 Å². The summed E-state index contributed by atoms with van der Waals surface area (Å²) in [6.07, 6.45) is 17.3. The second kappa shape index (κ2) is 18.1. The Balaban J connectivity index is 2.79. The molecule has 0 spiro atoms. The highest BCUT2D eigenvalue weighted by molar-refractivity contribution is 5.67. The number of hydrogen-bond donors (Lipinski definition) is 1. The molecule has 0 bridgehead atoms. The Kier molecular flexibility index (Phi) is 15.7. The Hall–Kier alpha value is -2.40. The summed E-state index contributed by atoms with van der Waals surface area (Å²) in [5, 5.41) is 9.07. The van der Waals surface area contributed by atoms with Gasteiger partial charge in [0.2, 0.25) is 0 Å². The molecule has 5 heteroatoms. The number of aliphatic hydroxyl groups is 1. The average molecular weight is 459 g/mol. The number of unbranched alkanes of at least 4 members (excludes halogenated alkanes) is 6. The molecule has 1 rings (SSSR count). The van der Waals surface area contributed by atoms with Crippen LogP contribution in [0, 0.1) is 0 Å². The molecule has 1 aromatic carbocycles. The van der Waals surface area contributed by atoms with Crippen LogP contribution in [0.15, 0.2) is 42.5 Å². The minimum Gasteiger partial charge on any atom is -0.458 e. The number of allylic oxidation sites excluding steroid dienone is 2. The van der Waals surface area contributed by atoms with Gasteiger partial charge in [0.05, 0.1) is 0 Å². The summed E-state index contributed by atoms with van der Waals surface area (Å²) >= 11 is 0. The normalized spacial score (nSPS) is 13.3. The molecule has 0 aliphatic rings. The maximum Gasteiger partial charge on any atom is 0.303 e. The monoisotopic (exact) mass is 458 g/mol. The fourth-order valence-electron chi connectivity index (χ4n) is 3.76. The fraction of sp³-hybridized carbons (Fsp3) is 0.571. The minimum absolute atomic E-state index is 0.126. The molecule has 0 aromatic heterocycles. The summed E-state index contributed by atoms with van der Waals surface area (Å²) in [5.41, 5.74) is 1.91. The highest BCUT2D eigenvalue weighted by Gasteiger charge is 2.17. The smallest absolute Gasteiger partial charge is 0.303 e. The third-order valence-electron chi connectivity index (χ3n) is 5.40. The number of carbonyl (C=O) groups is 2. The van der Waals surface area contributed by atoms with Crippen molar-refractivity contribution in [3.63, 3.8) is 0 Å². The first-order valence-corrected chi connectivity index (χ1v) is 12.4. The number of carbonyl (C=O) groups excluding carboxylic acids is 2. The highest BCUT2D eigenvalue weighted by Crippen LogP contribution is 2.28. The van der Waals surface area contributed by atoms with E-state index in [2.05, 4.69) is 6.92 Å². The molecule has 0 saturated carbocycles. The zero-order valence-electron chi connectivity index (χ0n) is 20.6. The summed E-state index contributed by atoms with van der Waals surface area (Å²) in [5.74, 6) is -0.585. The molecular formula is C28H42O5. The van der Waals surface area contributed by atoms with Crippen molar-refractivity contribution in [3.05, 3.63) is 53.6 Å². The van der Waals surface area contributed by atoms with Crippen LogP contribution in [0.25, 0.3) is 6.08 Å². The third-order valence-corrected chi connectivity index (χ3v) is 5.40. The molecule has 0 saturated heterocycles. The van der Waals surface area contributed by atoms with E-state index in [1.165, 1.54) is 39.5 Å². The van der Waals surface area contributed by atoms with Gasteiger partial charge in [0, 0.05) is 20.5 Å². The van der Waals surface area contributed by atoms with Crippen LogP contribution in [0.3, 0.4) is 0 Å². The molecule has 1 aromatic rings. The molecule has 0 heterocycles. The van der Waals surface area contributed by atoms with E-state index in [1.54, 1.807) is 0 Å². The van der Waals surface area contributed by atoms with Crippen LogP contribution in [0.1, 0.15) is 102 Å². The predicted octanol–water partition coefficient (Wildman–Crippen LogP) is 6.71. The Bertz CT molecular complexity index is 738. The maximum absolute atomic E-state index is 11.6. The van der Waals surface area contributed by atoms with Crippen LogP contribution in [0.5, 0.6) is 0 Å². The van der Waals surface area contributed by atoms with E-state index in [1.807, 2.05) is 48.6 Å². The molecule has 0 aliphatic carbocycles. The standard InChI is InChI=1S/C28H42O5/c1-4-5-6-7-8-9-18-26(32-23(2)30)19-12-10-16-25-17-11-13-20-27(25)28(33-24(3)31)21-14-15-22-29/h10-13,16-17,19-20,26,28-29H,4-9,14-15,18,21-22H2,1-3H3. The van der Waals surface area contributed by atoms with E-state index < -0.39 is 0 Å². The van der Waals surface area contributed by atoms with E-state index in [9.17, 15) is 9.59 Å². The van der Waals surface area contributed by atoms with Crippen LogP contribution < -0.4 is 0 Å². The van der Waals surface area contributed by atoms with Crippen LogP contribution in [-0.2, 0) is 19.1 Å². The summed E-state index contributed by atoms with van der Waals surface area (Å²) < 4.78 is 11.0. The van der Waals surface area contributed by atoms with Crippen LogP contribution in [-0.4, -0.2) is 29.8 Å². The Labute approximate surface area is 199 Å². The highest BCUT2D eigenvalue weighted by atomic mass is 16.5. The first-order chi connectivity index (χ1) is 16.0. The number of ether oxygens (including phenoxy) is 2. The summed E-state index contributed by atoms with van der Waals surface area (Å²) in [4.78, 5) is 23.1. The van der Waals surface area contributed by atoms with Crippen molar-refractivity contribution in [2.45, 2.75) is 97.2 Å². The number of rotatable bonds is 17. The Morgan fingerprint density at radius 3 is 2.24 bits per heavy atom. The number of hydrogen-bond acceptors (Lipinski definition) is 5. The van der Waals surface area contributed by atoms with E-state index >= 15 is 0 Å². The lowest BCUT2D eigenvalue weighted by Gasteiger charge is -2.19. The zero-order valence-corrected chi connectivity index (χ0v) is 20.6. The van der Waals surface area contributed by atoms with Gasteiger partial charge in [0.1, 0.15) is 12.2 Å². The molecule has 0 radical (unpaired) electrons. The van der Waals surface area contributed by atoms with Gasteiger partial charge in [-0.3, -0.25) is 9.59 Å². The molecule has 0 fully saturated rings. The van der Waals surface area contributed by atoms with Crippen LogP contribution in [0.2, 0.25) is 0 Å². The molecule has 2 unspecified atom stereocenters. The van der Waals surface area contributed by atoms with Crippen molar-refractivity contribution in [2.24, 2.45) is 0 Å². The van der Waals surface area contributed by atoms with E-state index in [0.29, 0.717) is 12.8 Å². The quantitative estimate of drug-likeness (QED) is 0.160. The average Bonchev–Trinajstić information content (AvgIpc) is 2.78. The van der Waals surface area contributed by atoms with Crippen molar-refractivity contribution >= 4 is 18.0 Å². The van der Waals surface area contributed by atoms with Gasteiger partial charge in [0.25, 0.3) is 0 Å². The number of aliphatic hydroxyl groups excluding tert-OH is 1. The molecule has 33 heavy (non-hydrogen) atoms. The summed E-state index contributed by atoms with van der Waals surface area (Å²) in [6, 6.07) is 7.84. The molecule has 1 N–H and O–H groups in total. The second-order valence-corrected chi connectivity index (χ2v) is 8.39. The summed E-state index contributed by atoms with van der Waals surface area (Å²) in [6.45, 7) is 5.20. The van der Waals surface area contributed by atoms with E-state index in [-0.39, 0.29) is 30.8 Å². The van der Waals surface area contributed by atoms with Crippen molar-refractivity contribution in [3.8, 4) is 0 Å². The predicted molar refractivity (Wildman–Crippen MR) is 134 cm³/mol. The number of esters is 2. The van der Waals surface area contributed by atoms with Gasteiger partial charge >= 0.3 is 11.9 Å².